The lowest BCUT2D eigenvalue weighted by Crippen LogP contribution is -2.31. The van der Waals surface area contributed by atoms with E-state index in [9.17, 15) is 16.8 Å². The first-order valence-corrected chi connectivity index (χ1v) is 12.0. The van der Waals surface area contributed by atoms with Gasteiger partial charge in [0.15, 0.2) is 0 Å². The minimum Gasteiger partial charge on any atom is -0.399 e. The van der Waals surface area contributed by atoms with Crippen LogP contribution in [0.5, 0.6) is 0 Å². The Hall–Kier alpha value is -3.10. The predicted molar refractivity (Wildman–Crippen MR) is 119 cm³/mol. The van der Waals surface area contributed by atoms with Crippen LogP contribution >= 0.6 is 0 Å². The largest absolute Gasteiger partial charge is 0.399 e. The lowest BCUT2D eigenvalue weighted by Gasteiger charge is -2.23. The molecule has 3 aromatic carbocycles. The van der Waals surface area contributed by atoms with Crippen molar-refractivity contribution in [3.8, 4) is 0 Å². The minimum absolute atomic E-state index is 0.0419. The van der Waals surface area contributed by atoms with Crippen LogP contribution in [-0.4, -0.2) is 23.4 Å². The van der Waals surface area contributed by atoms with Crippen molar-refractivity contribution in [1.82, 2.24) is 0 Å². The zero-order valence-corrected chi connectivity index (χ0v) is 18.0. The number of sulfone groups is 1. The maximum atomic E-state index is 13.1. The molecule has 0 bridgehead atoms. The minimum atomic E-state index is -3.84. The van der Waals surface area contributed by atoms with Crippen LogP contribution in [0.1, 0.15) is 5.56 Å². The molecule has 0 fully saturated rings. The van der Waals surface area contributed by atoms with Gasteiger partial charge in [0.25, 0.3) is 10.0 Å². The average Bonchev–Trinajstić information content (AvgIpc) is 2.72. The summed E-state index contributed by atoms with van der Waals surface area (Å²) in [5.41, 5.74) is 7.37. The molecule has 0 saturated heterocycles. The molecule has 0 aliphatic rings. The first-order chi connectivity index (χ1) is 14.2. The Kier molecular flexibility index (Phi) is 6.00. The Morgan fingerprint density at radius 3 is 1.77 bits per heavy atom. The number of hydrogen-bond donors (Lipinski definition) is 1. The van der Waals surface area contributed by atoms with Crippen LogP contribution in [0.2, 0.25) is 0 Å². The summed E-state index contributed by atoms with van der Waals surface area (Å²) in [6.45, 7) is 5.55. The molecule has 30 heavy (non-hydrogen) atoms. The third kappa shape index (κ3) is 4.24. The van der Waals surface area contributed by atoms with Gasteiger partial charge in [0.1, 0.15) is 0 Å². The molecule has 0 atom stereocenters. The van der Waals surface area contributed by atoms with E-state index in [4.69, 9.17) is 5.73 Å². The number of hydrogen-bond acceptors (Lipinski definition) is 5. The van der Waals surface area contributed by atoms with Gasteiger partial charge < -0.3 is 5.73 Å². The van der Waals surface area contributed by atoms with Crippen molar-refractivity contribution in [3.05, 3.63) is 91.0 Å². The van der Waals surface area contributed by atoms with Crippen LogP contribution in [0, 0.1) is 6.92 Å². The topological polar surface area (TPSA) is 97.5 Å². The van der Waals surface area contributed by atoms with Gasteiger partial charge in [0, 0.05) is 5.69 Å². The second-order valence-electron chi connectivity index (χ2n) is 6.70. The van der Waals surface area contributed by atoms with Gasteiger partial charge in [-0.2, -0.15) is 0 Å². The molecule has 0 aliphatic heterocycles. The number of aryl methyl sites for hydroxylation is 1. The summed E-state index contributed by atoms with van der Waals surface area (Å²) in [6.07, 6.45) is 1.48. The highest BCUT2D eigenvalue weighted by Gasteiger charge is 2.25. The van der Waals surface area contributed by atoms with Gasteiger partial charge in [0.05, 0.1) is 26.9 Å². The molecule has 0 spiro atoms. The summed E-state index contributed by atoms with van der Waals surface area (Å²) >= 11 is 0. The highest BCUT2D eigenvalue weighted by Crippen LogP contribution is 2.27. The van der Waals surface area contributed by atoms with E-state index < -0.39 is 19.9 Å². The van der Waals surface area contributed by atoms with E-state index in [0.717, 1.165) is 5.56 Å². The van der Waals surface area contributed by atoms with Gasteiger partial charge in [-0.25, -0.2) is 16.8 Å². The van der Waals surface area contributed by atoms with Crippen molar-refractivity contribution in [3.63, 3.8) is 0 Å². The molecule has 0 aromatic heterocycles. The van der Waals surface area contributed by atoms with Crippen LogP contribution in [0.4, 0.5) is 11.4 Å². The van der Waals surface area contributed by atoms with Crippen molar-refractivity contribution in [1.29, 1.82) is 0 Å². The van der Waals surface area contributed by atoms with Crippen LogP contribution in [0.25, 0.3) is 0 Å². The molecule has 0 saturated carbocycles. The number of rotatable bonds is 7. The zero-order chi connectivity index (χ0) is 21.9. The summed E-state index contributed by atoms with van der Waals surface area (Å²) in [6, 6.07) is 18.2. The van der Waals surface area contributed by atoms with E-state index in [1.165, 1.54) is 58.9 Å². The van der Waals surface area contributed by atoms with Crippen LogP contribution in [-0.2, 0) is 19.9 Å². The molecule has 0 radical (unpaired) electrons. The predicted octanol–water partition coefficient (Wildman–Crippen LogP) is 3.79. The zero-order valence-electron chi connectivity index (χ0n) is 16.4. The number of nitrogens with two attached hydrogens (primary N) is 1. The smallest absolute Gasteiger partial charge is 0.264 e. The molecule has 3 aromatic rings. The third-order valence-corrected chi connectivity index (χ3v) is 8.12. The number of sulfonamides is 1. The van der Waals surface area contributed by atoms with Crippen molar-refractivity contribution in [2.24, 2.45) is 0 Å². The van der Waals surface area contributed by atoms with Gasteiger partial charge in [-0.1, -0.05) is 23.8 Å². The van der Waals surface area contributed by atoms with Crippen molar-refractivity contribution >= 4 is 31.2 Å². The lowest BCUT2D eigenvalue weighted by atomic mass is 10.2. The fraction of sp³-hybridized carbons (Fsp3) is 0.0909. The number of benzene rings is 3. The molecule has 0 heterocycles. The van der Waals surface area contributed by atoms with Crippen LogP contribution in [0.3, 0.4) is 0 Å². The molecule has 0 amide bonds. The highest BCUT2D eigenvalue weighted by molar-refractivity contribution is 7.93. The van der Waals surface area contributed by atoms with E-state index >= 15 is 0 Å². The summed E-state index contributed by atoms with van der Waals surface area (Å²) < 4.78 is 53.0. The summed E-state index contributed by atoms with van der Waals surface area (Å²) in [5.74, 6) is 0. The second-order valence-corrected chi connectivity index (χ2v) is 10.5. The van der Waals surface area contributed by atoms with E-state index in [1.54, 1.807) is 24.3 Å². The first-order valence-electron chi connectivity index (χ1n) is 9.07. The van der Waals surface area contributed by atoms with Gasteiger partial charge in [0.2, 0.25) is 9.84 Å². The monoisotopic (exact) mass is 442 g/mol. The van der Waals surface area contributed by atoms with E-state index in [-0.39, 0.29) is 21.2 Å². The molecule has 0 unspecified atom stereocenters. The number of nitrogens with zero attached hydrogens (tertiary/aromatic N) is 1. The van der Waals surface area contributed by atoms with Crippen molar-refractivity contribution in [2.75, 3.05) is 16.6 Å². The third-order valence-electron chi connectivity index (χ3n) is 4.53. The van der Waals surface area contributed by atoms with E-state index in [2.05, 4.69) is 6.58 Å². The van der Waals surface area contributed by atoms with Crippen molar-refractivity contribution in [2.45, 2.75) is 21.6 Å². The maximum Gasteiger partial charge on any atom is 0.264 e. The van der Waals surface area contributed by atoms with Crippen LogP contribution < -0.4 is 10.0 Å². The fourth-order valence-electron chi connectivity index (χ4n) is 2.87. The number of anilines is 2. The Labute approximate surface area is 177 Å². The quantitative estimate of drug-likeness (QED) is 0.443. The van der Waals surface area contributed by atoms with E-state index in [0.29, 0.717) is 11.4 Å². The fourth-order valence-corrected chi connectivity index (χ4v) is 5.57. The second kappa shape index (κ2) is 8.33. The van der Waals surface area contributed by atoms with E-state index in [1.807, 2.05) is 6.92 Å². The average molecular weight is 443 g/mol. The molecule has 3 rings (SSSR count). The molecule has 2 N–H and O–H groups in total. The molecular weight excluding hydrogens is 420 g/mol. The lowest BCUT2D eigenvalue weighted by molar-refractivity contribution is 0.592. The van der Waals surface area contributed by atoms with Gasteiger partial charge >= 0.3 is 0 Å². The summed E-state index contributed by atoms with van der Waals surface area (Å²) in [7, 11) is -7.59. The molecule has 0 aliphatic carbocycles. The molecule has 156 valence electrons. The summed E-state index contributed by atoms with van der Waals surface area (Å²) in [4.78, 5) is 0.315. The molecular formula is C22H22N2O4S2. The Morgan fingerprint density at radius 1 is 0.800 bits per heavy atom. The maximum absolute atomic E-state index is 13.1. The van der Waals surface area contributed by atoms with Gasteiger partial charge in [-0.05, 0) is 67.6 Å². The Bertz CT molecular complexity index is 1250. The molecule has 8 heteroatoms. The van der Waals surface area contributed by atoms with Gasteiger partial charge in [-0.3, -0.25) is 4.31 Å². The standard InChI is InChI=1S/C22H22N2O4S2/c1-3-16-24(30(27,28)22-10-4-17(2)5-11-22)19-8-14-21(15-9-19)29(25,26)20-12-6-18(23)7-13-20/h3-15H,1,16,23H2,2H3. The molecule has 6 nitrogen and oxygen atoms in total. The van der Waals surface area contributed by atoms with Crippen molar-refractivity contribution < 1.29 is 16.8 Å². The normalized spacial score (nSPS) is 11.8. The SMILES string of the molecule is C=CCN(c1ccc(S(=O)(=O)c2ccc(N)cc2)cc1)S(=O)(=O)c1ccc(C)cc1. The van der Waals surface area contributed by atoms with Crippen LogP contribution in [0.15, 0.2) is 100 Å². The summed E-state index contributed by atoms with van der Waals surface area (Å²) in [5, 5.41) is 0. The number of nitrogen functional groups attached to an aromatic ring is 1. The Morgan fingerprint density at radius 2 is 1.27 bits per heavy atom. The Balaban J connectivity index is 1.98. The highest BCUT2D eigenvalue weighted by atomic mass is 32.2. The van der Waals surface area contributed by atoms with Gasteiger partial charge in [-0.15, -0.1) is 6.58 Å². The first kappa shape index (κ1) is 21.6.